The van der Waals surface area contributed by atoms with Gasteiger partial charge in [-0.05, 0) is 108 Å². The molecule has 4 nitrogen and oxygen atoms in total. The Bertz CT molecular complexity index is 701. The second-order valence-electron chi connectivity index (χ2n) is 12.0. The number of aliphatic hydroxyl groups is 1. The summed E-state index contributed by atoms with van der Waals surface area (Å²) < 4.78 is 6.34. The van der Waals surface area contributed by atoms with Crippen molar-refractivity contribution >= 4 is 12.3 Å². The van der Waals surface area contributed by atoms with Crippen LogP contribution in [0.25, 0.3) is 0 Å². The largest absolute Gasteiger partial charge is 0.458 e. The van der Waals surface area contributed by atoms with Crippen molar-refractivity contribution in [2.75, 3.05) is 0 Å². The van der Waals surface area contributed by atoms with Crippen molar-refractivity contribution in [3.05, 3.63) is 0 Å². The van der Waals surface area contributed by atoms with Gasteiger partial charge in [-0.3, -0.25) is 4.79 Å². The highest BCUT2D eigenvalue weighted by Gasteiger charge is 2.66. The highest BCUT2D eigenvalue weighted by atomic mass is 16.6. The first-order valence-electron chi connectivity index (χ1n) is 12.1. The van der Waals surface area contributed by atoms with Crippen LogP contribution in [0.15, 0.2) is 0 Å². The maximum absolute atomic E-state index is 12.8. The molecule has 5 aliphatic rings. The molecule has 0 radical (unpaired) electrons. The van der Waals surface area contributed by atoms with Gasteiger partial charge < -0.3 is 14.6 Å². The summed E-state index contributed by atoms with van der Waals surface area (Å²) in [5.74, 6) is 3.05. The number of aliphatic hydroxyl groups excluding tert-OH is 1. The van der Waals surface area contributed by atoms with E-state index in [0.29, 0.717) is 29.6 Å². The van der Waals surface area contributed by atoms with Crippen molar-refractivity contribution in [3.63, 3.8) is 0 Å². The van der Waals surface area contributed by atoms with Gasteiger partial charge in [-0.25, -0.2) is 0 Å². The van der Waals surface area contributed by atoms with Crippen molar-refractivity contribution < 1.29 is 19.4 Å². The molecule has 4 aliphatic carbocycles. The molecule has 0 aromatic carbocycles. The maximum Gasteiger partial charge on any atom is 0.312 e. The number of carbonyl (C=O) groups is 2. The van der Waals surface area contributed by atoms with Crippen LogP contribution in [0.2, 0.25) is 0 Å². The van der Waals surface area contributed by atoms with Crippen LogP contribution in [0, 0.1) is 46.3 Å². The summed E-state index contributed by atoms with van der Waals surface area (Å²) >= 11 is 0. The topological polar surface area (TPSA) is 63.6 Å². The first-order valence-corrected chi connectivity index (χ1v) is 12.1. The van der Waals surface area contributed by atoms with Crippen molar-refractivity contribution in [2.24, 2.45) is 46.3 Å². The number of esters is 1. The molecule has 1 aliphatic heterocycles. The molecule has 8 unspecified atom stereocenters. The molecule has 1 saturated heterocycles. The Labute approximate surface area is 175 Å². The normalized spacial score (nSPS) is 53.5. The summed E-state index contributed by atoms with van der Waals surface area (Å²) in [6.07, 6.45) is 11.2. The second-order valence-corrected chi connectivity index (χ2v) is 12.0. The van der Waals surface area contributed by atoms with Gasteiger partial charge in [0.05, 0.1) is 11.5 Å². The fourth-order valence-corrected chi connectivity index (χ4v) is 8.65. The van der Waals surface area contributed by atoms with Crippen molar-refractivity contribution in [1.82, 2.24) is 0 Å². The van der Waals surface area contributed by atoms with Crippen LogP contribution in [0.4, 0.5) is 0 Å². The summed E-state index contributed by atoms with van der Waals surface area (Å²) in [5, 5.41) is 10.3. The molecule has 5 rings (SSSR count). The third kappa shape index (κ3) is 2.73. The molecule has 0 amide bonds. The van der Waals surface area contributed by atoms with E-state index >= 15 is 0 Å². The van der Waals surface area contributed by atoms with Gasteiger partial charge in [0.15, 0.2) is 0 Å². The molecule has 1 spiro atoms. The summed E-state index contributed by atoms with van der Waals surface area (Å²) in [7, 11) is 0. The number of ether oxygens (including phenoxy) is 1. The zero-order valence-corrected chi connectivity index (χ0v) is 18.4. The van der Waals surface area contributed by atoms with E-state index in [1.807, 2.05) is 13.8 Å². The zero-order chi connectivity index (χ0) is 20.6. The summed E-state index contributed by atoms with van der Waals surface area (Å²) in [4.78, 5) is 24.3. The smallest absolute Gasteiger partial charge is 0.312 e. The second kappa shape index (κ2) is 6.55. The van der Waals surface area contributed by atoms with Crippen molar-refractivity contribution in [2.45, 2.75) is 96.7 Å². The van der Waals surface area contributed by atoms with Crippen LogP contribution in [-0.2, 0) is 14.3 Å². The van der Waals surface area contributed by atoms with E-state index in [-0.39, 0.29) is 28.3 Å². The number of hydrogen-bond donors (Lipinski definition) is 1. The van der Waals surface area contributed by atoms with Gasteiger partial charge in [-0.2, -0.15) is 0 Å². The molecule has 0 aromatic rings. The van der Waals surface area contributed by atoms with Gasteiger partial charge >= 0.3 is 5.97 Å². The lowest BCUT2D eigenvalue weighted by atomic mass is 9.48. The Morgan fingerprint density at radius 2 is 1.72 bits per heavy atom. The predicted octanol–water partition coefficient (Wildman–Crippen LogP) is 4.53. The van der Waals surface area contributed by atoms with Crippen molar-refractivity contribution in [1.29, 1.82) is 0 Å². The SMILES string of the molecule is CC1(C)CC[C@@]2(CCC3C4CCC5CC(O)C(C=O)CC5C4CCC32C)OC1=O. The van der Waals surface area contributed by atoms with E-state index < -0.39 is 6.10 Å². The van der Waals surface area contributed by atoms with E-state index in [4.69, 9.17) is 4.74 Å². The monoisotopic (exact) mass is 402 g/mol. The Hall–Kier alpha value is -0.900. The van der Waals surface area contributed by atoms with Crippen molar-refractivity contribution in [3.8, 4) is 0 Å². The Kier molecular flexibility index (Phi) is 4.52. The quantitative estimate of drug-likeness (QED) is 0.517. The van der Waals surface area contributed by atoms with Gasteiger partial charge in [0, 0.05) is 11.3 Å². The molecule has 29 heavy (non-hydrogen) atoms. The Morgan fingerprint density at radius 1 is 0.931 bits per heavy atom. The van der Waals surface area contributed by atoms with Crippen LogP contribution in [0.5, 0.6) is 0 Å². The third-order valence-corrected chi connectivity index (χ3v) is 10.6. The van der Waals surface area contributed by atoms with Gasteiger partial charge in [0.25, 0.3) is 0 Å². The van der Waals surface area contributed by atoms with Crippen LogP contribution in [0.3, 0.4) is 0 Å². The molecule has 9 atom stereocenters. The van der Waals surface area contributed by atoms with E-state index in [2.05, 4.69) is 6.92 Å². The van der Waals surface area contributed by atoms with E-state index in [1.54, 1.807) is 0 Å². The number of aldehydes is 1. The van der Waals surface area contributed by atoms with E-state index in [1.165, 1.54) is 25.7 Å². The maximum atomic E-state index is 12.8. The van der Waals surface area contributed by atoms with Crippen LogP contribution < -0.4 is 0 Å². The van der Waals surface area contributed by atoms with E-state index in [9.17, 15) is 14.7 Å². The first kappa shape index (κ1) is 20.0. The fourth-order valence-electron chi connectivity index (χ4n) is 8.65. The Morgan fingerprint density at radius 3 is 2.45 bits per heavy atom. The molecule has 4 heteroatoms. The molecular formula is C25H38O4. The lowest BCUT2D eigenvalue weighted by Gasteiger charge is -2.59. The minimum atomic E-state index is -0.432. The van der Waals surface area contributed by atoms with Gasteiger partial charge in [0.2, 0.25) is 0 Å². The van der Waals surface area contributed by atoms with Gasteiger partial charge in [0.1, 0.15) is 11.9 Å². The lowest BCUT2D eigenvalue weighted by Crippen LogP contribution is -2.58. The van der Waals surface area contributed by atoms with Crippen LogP contribution in [0.1, 0.15) is 85.0 Å². The zero-order valence-electron chi connectivity index (χ0n) is 18.4. The van der Waals surface area contributed by atoms with Gasteiger partial charge in [-0.15, -0.1) is 0 Å². The van der Waals surface area contributed by atoms with Crippen LogP contribution >= 0.6 is 0 Å². The average molecular weight is 403 g/mol. The molecular weight excluding hydrogens is 364 g/mol. The Balaban J connectivity index is 1.39. The summed E-state index contributed by atoms with van der Waals surface area (Å²) in [5.41, 5.74) is -0.493. The lowest BCUT2D eigenvalue weighted by molar-refractivity contribution is -0.210. The highest BCUT2D eigenvalue weighted by molar-refractivity contribution is 5.77. The standard InChI is InChI=1S/C25H38O4/c1-23(2)10-11-25(29-22(23)28)9-7-20-18-5-4-15-13-21(27)16(14-26)12-19(15)17(18)6-8-24(20,25)3/h14-21,27H,4-13H2,1-3H3/t15?,16?,17?,18?,19?,20?,21?,24?,25-/m1/s1. The molecule has 1 N–H and O–H groups in total. The first-order chi connectivity index (χ1) is 13.7. The highest BCUT2D eigenvalue weighted by Crippen LogP contribution is 2.68. The van der Waals surface area contributed by atoms with E-state index in [0.717, 1.165) is 44.8 Å². The number of rotatable bonds is 1. The molecule has 162 valence electrons. The van der Waals surface area contributed by atoms with Gasteiger partial charge in [-0.1, -0.05) is 6.92 Å². The molecule has 0 bridgehead atoms. The third-order valence-electron chi connectivity index (χ3n) is 10.6. The molecule has 1 heterocycles. The molecule has 5 fully saturated rings. The summed E-state index contributed by atoms with van der Waals surface area (Å²) in [6.45, 7) is 6.48. The number of carbonyl (C=O) groups excluding carboxylic acids is 2. The fraction of sp³-hybridized carbons (Fsp3) is 0.920. The average Bonchev–Trinajstić information content (AvgIpc) is 2.97. The number of hydrogen-bond acceptors (Lipinski definition) is 4. The molecule has 4 saturated carbocycles. The predicted molar refractivity (Wildman–Crippen MR) is 110 cm³/mol. The molecule has 0 aromatic heterocycles. The minimum Gasteiger partial charge on any atom is -0.458 e. The summed E-state index contributed by atoms with van der Waals surface area (Å²) in [6, 6.07) is 0. The minimum absolute atomic E-state index is 0.00606. The van der Waals surface area contributed by atoms with Crippen LogP contribution in [-0.4, -0.2) is 29.1 Å². The number of fused-ring (bicyclic) bond motifs is 6.